The van der Waals surface area contributed by atoms with Gasteiger partial charge in [0.2, 0.25) is 0 Å². The summed E-state index contributed by atoms with van der Waals surface area (Å²) >= 11 is 3.43. The van der Waals surface area contributed by atoms with E-state index >= 15 is 0 Å². The SMILES string of the molecule is Cc1cc(Br)c(NC2CCC(O)CC2)cc1[N+](=O)[O-]. The van der Waals surface area contributed by atoms with Crippen LogP contribution in [0.5, 0.6) is 0 Å². The Labute approximate surface area is 120 Å². The fourth-order valence-electron chi connectivity index (χ4n) is 2.41. The normalized spacial score (nSPS) is 23.1. The highest BCUT2D eigenvalue weighted by molar-refractivity contribution is 9.10. The van der Waals surface area contributed by atoms with Crippen molar-refractivity contribution in [1.29, 1.82) is 0 Å². The summed E-state index contributed by atoms with van der Waals surface area (Å²) in [5, 5.41) is 23.8. The largest absolute Gasteiger partial charge is 0.393 e. The third-order valence-electron chi connectivity index (χ3n) is 3.54. The van der Waals surface area contributed by atoms with Gasteiger partial charge in [-0.3, -0.25) is 10.1 Å². The molecule has 1 aliphatic carbocycles. The Morgan fingerprint density at radius 3 is 2.58 bits per heavy atom. The molecule has 0 saturated heterocycles. The van der Waals surface area contributed by atoms with Gasteiger partial charge in [-0.25, -0.2) is 0 Å². The summed E-state index contributed by atoms with van der Waals surface area (Å²) < 4.78 is 0.835. The summed E-state index contributed by atoms with van der Waals surface area (Å²) in [5.41, 5.74) is 1.52. The van der Waals surface area contributed by atoms with Gasteiger partial charge in [0, 0.05) is 22.1 Å². The fourth-order valence-corrected chi connectivity index (χ4v) is 2.98. The van der Waals surface area contributed by atoms with E-state index in [0.29, 0.717) is 5.56 Å². The molecule has 0 radical (unpaired) electrons. The first kappa shape index (κ1) is 14.3. The Balaban J connectivity index is 2.15. The second-order valence-corrected chi connectivity index (χ2v) is 5.88. The first-order valence-corrected chi connectivity index (χ1v) is 7.16. The zero-order chi connectivity index (χ0) is 14.0. The van der Waals surface area contributed by atoms with Crippen LogP contribution in [-0.4, -0.2) is 22.2 Å². The van der Waals surface area contributed by atoms with Gasteiger partial charge in [-0.1, -0.05) is 0 Å². The number of hydrogen-bond acceptors (Lipinski definition) is 4. The number of nitrogens with one attached hydrogen (secondary N) is 1. The van der Waals surface area contributed by atoms with Crippen molar-refractivity contribution in [3.05, 3.63) is 32.3 Å². The molecule has 1 aromatic carbocycles. The lowest BCUT2D eigenvalue weighted by Gasteiger charge is -2.27. The summed E-state index contributed by atoms with van der Waals surface area (Å²) in [6, 6.07) is 3.60. The van der Waals surface area contributed by atoms with Gasteiger partial charge in [0.25, 0.3) is 5.69 Å². The molecular weight excluding hydrogens is 312 g/mol. The van der Waals surface area contributed by atoms with E-state index in [9.17, 15) is 15.2 Å². The minimum Gasteiger partial charge on any atom is -0.393 e. The maximum absolute atomic E-state index is 10.9. The average molecular weight is 329 g/mol. The quantitative estimate of drug-likeness (QED) is 0.658. The van der Waals surface area contributed by atoms with Crippen LogP contribution >= 0.6 is 15.9 Å². The van der Waals surface area contributed by atoms with Crippen LogP contribution in [0.3, 0.4) is 0 Å². The van der Waals surface area contributed by atoms with Crippen molar-refractivity contribution in [3.63, 3.8) is 0 Å². The van der Waals surface area contributed by atoms with E-state index in [1.165, 1.54) is 0 Å². The molecule has 0 spiro atoms. The number of benzene rings is 1. The number of aliphatic hydroxyl groups is 1. The summed E-state index contributed by atoms with van der Waals surface area (Å²) in [6.45, 7) is 1.73. The average Bonchev–Trinajstić information content (AvgIpc) is 2.34. The van der Waals surface area contributed by atoms with Crippen LogP contribution in [0, 0.1) is 17.0 Å². The maximum atomic E-state index is 10.9. The topological polar surface area (TPSA) is 75.4 Å². The molecule has 0 aliphatic heterocycles. The van der Waals surface area contributed by atoms with Crippen molar-refractivity contribution in [3.8, 4) is 0 Å². The van der Waals surface area contributed by atoms with E-state index in [-0.39, 0.29) is 22.8 Å². The Kier molecular flexibility index (Phi) is 4.42. The fraction of sp³-hybridized carbons (Fsp3) is 0.538. The molecule has 0 aromatic heterocycles. The molecule has 104 valence electrons. The zero-order valence-electron chi connectivity index (χ0n) is 10.7. The van der Waals surface area contributed by atoms with E-state index in [1.54, 1.807) is 19.1 Å². The molecule has 0 amide bonds. The van der Waals surface area contributed by atoms with Crippen LogP contribution in [0.4, 0.5) is 11.4 Å². The van der Waals surface area contributed by atoms with Crippen molar-refractivity contribution in [2.45, 2.75) is 44.8 Å². The van der Waals surface area contributed by atoms with Crippen LogP contribution in [0.2, 0.25) is 0 Å². The number of halogens is 1. The lowest BCUT2D eigenvalue weighted by Crippen LogP contribution is -2.28. The number of hydrogen-bond donors (Lipinski definition) is 2. The molecule has 1 aromatic rings. The number of nitro groups is 1. The van der Waals surface area contributed by atoms with Crippen LogP contribution in [0.1, 0.15) is 31.2 Å². The van der Waals surface area contributed by atoms with Gasteiger partial charge in [-0.2, -0.15) is 0 Å². The smallest absolute Gasteiger partial charge is 0.274 e. The van der Waals surface area contributed by atoms with Gasteiger partial charge in [0.15, 0.2) is 0 Å². The lowest BCUT2D eigenvalue weighted by molar-refractivity contribution is -0.385. The van der Waals surface area contributed by atoms with Gasteiger partial charge < -0.3 is 10.4 Å². The van der Waals surface area contributed by atoms with Crippen LogP contribution in [0.15, 0.2) is 16.6 Å². The highest BCUT2D eigenvalue weighted by Gasteiger charge is 2.21. The first-order chi connectivity index (χ1) is 8.97. The molecule has 1 saturated carbocycles. The molecule has 0 heterocycles. The first-order valence-electron chi connectivity index (χ1n) is 6.36. The van der Waals surface area contributed by atoms with E-state index in [1.807, 2.05) is 0 Å². The van der Waals surface area contributed by atoms with E-state index in [0.717, 1.165) is 35.8 Å². The molecule has 6 heteroatoms. The highest BCUT2D eigenvalue weighted by Crippen LogP contribution is 2.32. The molecule has 19 heavy (non-hydrogen) atoms. The number of rotatable bonds is 3. The Bertz CT molecular complexity index is 485. The molecule has 0 atom stereocenters. The van der Waals surface area contributed by atoms with Gasteiger partial charge >= 0.3 is 0 Å². The number of anilines is 1. The maximum Gasteiger partial charge on any atom is 0.274 e. The Morgan fingerprint density at radius 1 is 1.37 bits per heavy atom. The van der Waals surface area contributed by atoms with Crippen molar-refractivity contribution in [2.75, 3.05) is 5.32 Å². The van der Waals surface area contributed by atoms with Crippen molar-refractivity contribution >= 4 is 27.3 Å². The van der Waals surface area contributed by atoms with Gasteiger partial charge in [-0.15, -0.1) is 0 Å². The molecule has 2 N–H and O–H groups in total. The molecule has 5 nitrogen and oxygen atoms in total. The van der Waals surface area contributed by atoms with E-state index in [4.69, 9.17) is 0 Å². The third-order valence-corrected chi connectivity index (χ3v) is 4.19. The van der Waals surface area contributed by atoms with Crippen molar-refractivity contribution in [1.82, 2.24) is 0 Å². The second-order valence-electron chi connectivity index (χ2n) is 5.03. The summed E-state index contributed by atoms with van der Waals surface area (Å²) in [4.78, 5) is 10.6. The highest BCUT2D eigenvalue weighted by atomic mass is 79.9. The molecule has 1 fully saturated rings. The standard InChI is InChI=1S/C13H17BrN2O3/c1-8-6-11(14)12(7-13(8)16(18)19)15-9-2-4-10(17)5-3-9/h6-7,9-10,15,17H,2-5H2,1H3. The lowest BCUT2D eigenvalue weighted by atomic mass is 9.93. The third kappa shape index (κ3) is 3.45. The number of aliphatic hydroxyl groups excluding tert-OH is 1. The minimum atomic E-state index is -0.364. The predicted molar refractivity (Wildman–Crippen MR) is 77.4 cm³/mol. The van der Waals surface area contributed by atoms with E-state index < -0.39 is 0 Å². The van der Waals surface area contributed by atoms with E-state index in [2.05, 4.69) is 21.2 Å². The number of nitro benzene ring substituents is 1. The van der Waals surface area contributed by atoms with Crippen molar-refractivity contribution in [2.24, 2.45) is 0 Å². The van der Waals surface area contributed by atoms with Gasteiger partial charge in [-0.05, 0) is 54.6 Å². The van der Waals surface area contributed by atoms with Crippen LogP contribution < -0.4 is 5.32 Å². The monoisotopic (exact) mass is 328 g/mol. The van der Waals surface area contributed by atoms with Gasteiger partial charge in [0.05, 0.1) is 16.7 Å². The molecular formula is C13H17BrN2O3. The van der Waals surface area contributed by atoms with Gasteiger partial charge in [0.1, 0.15) is 0 Å². The molecule has 0 unspecified atom stereocenters. The minimum absolute atomic E-state index is 0.126. The predicted octanol–water partition coefficient (Wildman–Crippen LogP) is 3.38. The zero-order valence-corrected chi connectivity index (χ0v) is 12.3. The molecule has 2 rings (SSSR count). The Hall–Kier alpha value is -1.14. The Morgan fingerprint density at radius 2 is 2.00 bits per heavy atom. The van der Waals surface area contributed by atoms with Crippen LogP contribution in [-0.2, 0) is 0 Å². The number of aryl methyl sites for hydroxylation is 1. The number of nitrogens with zero attached hydrogens (tertiary/aromatic N) is 1. The van der Waals surface area contributed by atoms with Crippen molar-refractivity contribution < 1.29 is 10.0 Å². The summed E-state index contributed by atoms with van der Waals surface area (Å²) in [7, 11) is 0. The summed E-state index contributed by atoms with van der Waals surface area (Å²) in [5.74, 6) is 0. The second kappa shape index (κ2) is 5.88. The molecule has 0 bridgehead atoms. The molecule has 1 aliphatic rings. The van der Waals surface area contributed by atoms with Crippen LogP contribution in [0.25, 0.3) is 0 Å². The summed E-state index contributed by atoms with van der Waals surface area (Å²) in [6.07, 6.45) is 3.13.